The minimum absolute atomic E-state index is 0.644. The van der Waals surface area contributed by atoms with Crippen LogP contribution in [-0.2, 0) is 26.6 Å². The number of aliphatic imine (C=N–C) groups is 1. The molecule has 2 N–H and O–H groups in total. The third kappa shape index (κ3) is 4.58. The number of nitrogens with zero attached hydrogens (tertiary/aromatic N) is 3. The highest BCUT2D eigenvalue weighted by Crippen LogP contribution is 2.16. The van der Waals surface area contributed by atoms with Crippen molar-refractivity contribution in [2.75, 3.05) is 6.54 Å². The Morgan fingerprint density at radius 1 is 1.22 bits per heavy atom. The van der Waals surface area contributed by atoms with Crippen LogP contribution in [0.2, 0.25) is 0 Å². The standard InChI is InChI=1S/C17H27N5S/c1-6-14-8-9-15(23-14)10-19-17(18-7-2)20-11-16-12(3)21-22(5)13(16)4/h8-9H,6-7,10-11H2,1-5H3,(H2,18,19,20). The van der Waals surface area contributed by atoms with E-state index in [1.165, 1.54) is 21.0 Å². The maximum Gasteiger partial charge on any atom is 0.191 e. The molecule has 0 saturated carbocycles. The largest absolute Gasteiger partial charge is 0.357 e. The van der Waals surface area contributed by atoms with Gasteiger partial charge in [-0.1, -0.05) is 6.92 Å². The molecule has 23 heavy (non-hydrogen) atoms. The van der Waals surface area contributed by atoms with E-state index in [9.17, 15) is 0 Å². The molecule has 0 saturated heterocycles. The van der Waals surface area contributed by atoms with E-state index >= 15 is 0 Å². The minimum Gasteiger partial charge on any atom is -0.357 e. The molecule has 2 aromatic rings. The molecule has 0 atom stereocenters. The summed E-state index contributed by atoms with van der Waals surface area (Å²) in [6.07, 6.45) is 1.10. The van der Waals surface area contributed by atoms with Crippen molar-refractivity contribution in [2.24, 2.45) is 12.0 Å². The van der Waals surface area contributed by atoms with Gasteiger partial charge in [0.25, 0.3) is 0 Å². The highest BCUT2D eigenvalue weighted by molar-refractivity contribution is 7.11. The van der Waals surface area contributed by atoms with Gasteiger partial charge in [-0.15, -0.1) is 11.3 Å². The van der Waals surface area contributed by atoms with E-state index in [0.717, 1.165) is 31.2 Å². The summed E-state index contributed by atoms with van der Waals surface area (Å²) >= 11 is 1.86. The number of guanidine groups is 1. The van der Waals surface area contributed by atoms with Crippen LogP contribution in [0.3, 0.4) is 0 Å². The average molecular weight is 334 g/mol. The van der Waals surface area contributed by atoms with Gasteiger partial charge in [0.1, 0.15) is 0 Å². The van der Waals surface area contributed by atoms with Gasteiger partial charge in [-0.05, 0) is 39.3 Å². The summed E-state index contributed by atoms with van der Waals surface area (Å²) in [5.74, 6) is 0.849. The van der Waals surface area contributed by atoms with E-state index in [1.807, 2.05) is 30.0 Å². The number of aromatic nitrogens is 2. The van der Waals surface area contributed by atoms with Crippen molar-refractivity contribution in [3.63, 3.8) is 0 Å². The first-order valence-corrected chi connectivity index (χ1v) is 8.95. The first-order valence-electron chi connectivity index (χ1n) is 8.14. The van der Waals surface area contributed by atoms with Crippen LogP contribution in [0.4, 0.5) is 0 Å². The van der Waals surface area contributed by atoms with Crippen LogP contribution in [0.15, 0.2) is 17.1 Å². The molecule has 2 aromatic heterocycles. The SMILES string of the molecule is CCNC(=NCc1c(C)nn(C)c1C)NCc1ccc(CC)s1. The minimum atomic E-state index is 0.644. The molecule has 0 bridgehead atoms. The summed E-state index contributed by atoms with van der Waals surface area (Å²) in [4.78, 5) is 7.46. The Labute approximate surface area is 142 Å². The van der Waals surface area contributed by atoms with E-state index < -0.39 is 0 Å². The molecular formula is C17H27N5S. The van der Waals surface area contributed by atoms with E-state index in [4.69, 9.17) is 4.99 Å². The molecule has 0 radical (unpaired) electrons. The molecule has 2 rings (SSSR count). The Bertz CT molecular complexity index is 669. The van der Waals surface area contributed by atoms with E-state index in [-0.39, 0.29) is 0 Å². The summed E-state index contributed by atoms with van der Waals surface area (Å²) in [7, 11) is 1.97. The smallest absolute Gasteiger partial charge is 0.191 e. The Kier molecular flexibility index (Phi) is 6.21. The van der Waals surface area contributed by atoms with E-state index in [0.29, 0.717) is 6.54 Å². The molecular weight excluding hydrogens is 306 g/mol. The summed E-state index contributed by atoms with van der Waals surface area (Å²) in [5.41, 5.74) is 3.43. The fourth-order valence-corrected chi connectivity index (χ4v) is 3.32. The van der Waals surface area contributed by atoms with Crippen LogP contribution >= 0.6 is 11.3 Å². The molecule has 0 unspecified atom stereocenters. The second-order valence-corrected chi connectivity index (χ2v) is 6.80. The second kappa shape index (κ2) is 8.15. The topological polar surface area (TPSA) is 54.2 Å². The van der Waals surface area contributed by atoms with Crippen molar-refractivity contribution in [3.05, 3.63) is 38.8 Å². The van der Waals surface area contributed by atoms with Gasteiger partial charge >= 0.3 is 0 Å². The van der Waals surface area contributed by atoms with Gasteiger partial charge < -0.3 is 10.6 Å². The zero-order valence-corrected chi connectivity index (χ0v) is 15.5. The molecule has 0 aliphatic rings. The van der Waals surface area contributed by atoms with Gasteiger partial charge in [0.15, 0.2) is 5.96 Å². The first-order chi connectivity index (χ1) is 11.0. The van der Waals surface area contributed by atoms with Gasteiger partial charge in [-0.25, -0.2) is 4.99 Å². The second-order valence-electron chi connectivity index (χ2n) is 5.54. The van der Waals surface area contributed by atoms with Crippen molar-refractivity contribution in [1.29, 1.82) is 0 Å². The van der Waals surface area contributed by atoms with Crippen molar-refractivity contribution >= 4 is 17.3 Å². The summed E-state index contributed by atoms with van der Waals surface area (Å²) < 4.78 is 1.92. The van der Waals surface area contributed by atoms with Gasteiger partial charge in [0.05, 0.1) is 18.8 Å². The van der Waals surface area contributed by atoms with Crippen LogP contribution in [0, 0.1) is 13.8 Å². The van der Waals surface area contributed by atoms with Gasteiger partial charge in [0, 0.05) is 34.6 Å². The van der Waals surface area contributed by atoms with E-state index in [1.54, 1.807) is 0 Å². The Balaban J connectivity index is 2.02. The van der Waals surface area contributed by atoms with Crippen LogP contribution < -0.4 is 10.6 Å². The number of rotatable bonds is 6. The number of thiophene rings is 1. The van der Waals surface area contributed by atoms with Crippen LogP contribution in [0.1, 0.15) is 40.6 Å². The summed E-state index contributed by atoms with van der Waals surface area (Å²) in [6, 6.07) is 4.39. The third-order valence-corrected chi connectivity index (χ3v) is 5.12. The maximum absolute atomic E-state index is 4.71. The predicted molar refractivity (Wildman–Crippen MR) is 98.0 cm³/mol. The Morgan fingerprint density at radius 2 is 1.96 bits per heavy atom. The lowest BCUT2D eigenvalue weighted by molar-refractivity contribution is 0.730. The quantitative estimate of drug-likeness (QED) is 0.631. The van der Waals surface area contributed by atoms with Gasteiger partial charge in [0.2, 0.25) is 0 Å². The van der Waals surface area contributed by atoms with Gasteiger partial charge in [-0.2, -0.15) is 5.10 Å². The highest BCUT2D eigenvalue weighted by atomic mass is 32.1. The molecule has 0 amide bonds. The number of nitrogens with one attached hydrogen (secondary N) is 2. The lowest BCUT2D eigenvalue weighted by Gasteiger charge is -2.10. The Morgan fingerprint density at radius 3 is 2.52 bits per heavy atom. The molecule has 0 aliphatic heterocycles. The average Bonchev–Trinajstić information content (AvgIpc) is 3.08. The normalized spacial score (nSPS) is 11.8. The maximum atomic E-state index is 4.71. The van der Waals surface area contributed by atoms with E-state index in [2.05, 4.69) is 48.6 Å². The fraction of sp³-hybridized carbons (Fsp3) is 0.529. The number of hydrogen-bond donors (Lipinski definition) is 2. The lowest BCUT2D eigenvalue weighted by Crippen LogP contribution is -2.36. The van der Waals surface area contributed by atoms with Crippen LogP contribution in [-0.4, -0.2) is 22.3 Å². The lowest BCUT2D eigenvalue weighted by atomic mass is 10.2. The highest BCUT2D eigenvalue weighted by Gasteiger charge is 2.09. The molecule has 0 spiro atoms. The molecule has 126 valence electrons. The first kappa shape index (κ1) is 17.5. The number of aryl methyl sites for hydroxylation is 3. The zero-order chi connectivity index (χ0) is 16.8. The van der Waals surface area contributed by atoms with Crippen LogP contribution in [0.25, 0.3) is 0 Å². The molecule has 0 fully saturated rings. The molecule has 2 heterocycles. The molecule has 0 aliphatic carbocycles. The molecule has 5 nitrogen and oxygen atoms in total. The summed E-state index contributed by atoms with van der Waals surface area (Å²) in [6.45, 7) is 10.7. The van der Waals surface area contributed by atoms with Crippen molar-refractivity contribution < 1.29 is 0 Å². The van der Waals surface area contributed by atoms with Crippen molar-refractivity contribution in [2.45, 2.75) is 47.2 Å². The van der Waals surface area contributed by atoms with Crippen molar-refractivity contribution in [1.82, 2.24) is 20.4 Å². The third-order valence-electron chi connectivity index (χ3n) is 3.89. The van der Waals surface area contributed by atoms with Crippen LogP contribution in [0.5, 0.6) is 0 Å². The molecule has 6 heteroatoms. The Hall–Kier alpha value is -1.82. The van der Waals surface area contributed by atoms with Gasteiger partial charge in [-0.3, -0.25) is 4.68 Å². The monoisotopic (exact) mass is 333 g/mol. The zero-order valence-electron chi connectivity index (χ0n) is 14.7. The predicted octanol–water partition coefficient (Wildman–Crippen LogP) is 2.92. The number of hydrogen-bond acceptors (Lipinski definition) is 3. The fourth-order valence-electron chi connectivity index (χ4n) is 2.42. The van der Waals surface area contributed by atoms with Crippen molar-refractivity contribution in [3.8, 4) is 0 Å². The molecule has 0 aromatic carbocycles. The summed E-state index contributed by atoms with van der Waals surface area (Å²) in [5, 5.41) is 11.2.